The number of thiophene rings is 1. The van der Waals surface area contributed by atoms with Crippen LogP contribution in [0, 0.1) is 0 Å². The number of carbonyl (C=O) groups is 1. The van der Waals surface area contributed by atoms with Gasteiger partial charge in [-0.3, -0.25) is 4.79 Å². The van der Waals surface area contributed by atoms with E-state index in [0.29, 0.717) is 6.04 Å². The molecule has 0 radical (unpaired) electrons. The van der Waals surface area contributed by atoms with E-state index in [2.05, 4.69) is 10.6 Å². The highest BCUT2D eigenvalue weighted by Gasteiger charge is 2.23. The molecule has 1 aromatic heterocycles. The van der Waals surface area contributed by atoms with E-state index in [0.717, 1.165) is 37.9 Å². The van der Waals surface area contributed by atoms with Gasteiger partial charge in [0.15, 0.2) is 0 Å². The molecule has 1 atom stereocenters. The zero-order valence-electron chi connectivity index (χ0n) is 9.92. The Hall–Kier alpha value is -0.870. The van der Waals surface area contributed by atoms with Crippen LogP contribution < -0.4 is 10.6 Å². The van der Waals surface area contributed by atoms with Gasteiger partial charge in [-0.15, -0.1) is 11.3 Å². The summed E-state index contributed by atoms with van der Waals surface area (Å²) in [6, 6.07) is 0.321. The molecule has 1 aliphatic carbocycles. The molecule has 3 rings (SSSR count). The summed E-state index contributed by atoms with van der Waals surface area (Å²) in [7, 11) is 0. The standard InChI is InChI=1S/C13H18N2OS/c16-13(15-9-5-6-14-7-9)11-8-17-12-4-2-1-3-10(11)12/h8-9,14H,1-7H2,(H,15,16). The largest absolute Gasteiger partial charge is 0.348 e. The van der Waals surface area contributed by atoms with E-state index in [1.54, 1.807) is 11.3 Å². The number of hydrogen-bond donors (Lipinski definition) is 2. The molecule has 1 fully saturated rings. The van der Waals surface area contributed by atoms with Crippen LogP contribution in [-0.2, 0) is 12.8 Å². The monoisotopic (exact) mass is 250 g/mol. The molecule has 0 spiro atoms. The highest BCUT2D eigenvalue weighted by atomic mass is 32.1. The molecule has 1 aliphatic heterocycles. The van der Waals surface area contributed by atoms with Crippen molar-refractivity contribution in [3.05, 3.63) is 21.4 Å². The molecule has 1 aromatic rings. The molecule has 1 amide bonds. The lowest BCUT2D eigenvalue weighted by molar-refractivity contribution is 0.0939. The van der Waals surface area contributed by atoms with Gasteiger partial charge >= 0.3 is 0 Å². The van der Waals surface area contributed by atoms with Crippen LogP contribution in [0.3, 0.4) is 0 Å². The first-order valence-corrected chi connectivity index (χ1v) is 7.33. The van der Waals surface area contributed by atoms with Crippen LogP contribution in [0.25, 0.3) is 0 Å². The molecule has 4 heteroatoms. The number of hydrogen-bond acceptors (Lipinski definition) is 3. The van der Waals surface area contributed by atoms with Crippen molar-refractivity contribution in [2.45, 2.75) is 38.1 Å². The van der Waals surface area contributed by atoms with E-state index in [1.807, 2.05) is 5.38 Å². The van der Waals surface area contributed by atoms with Gasteiger partial charge in [0.1, 0.15) is 0 Å². The van der Waals surface area contributed by atoms with Gasteiger partial charge in [0.25, 0.3) is 5.91 Å². The zero-order chi connectivity index (χ0) is 11.7. The summed E-state index contributed by atoms with van der Waals surface area (Å²) in [5.41, 5.74) is 2.27. The quantitative estimate of drug-likeness (QED) is 0.839. The van der Waals surface area contributed by atoms with Gasteiger partial charge in [0.05, 0.1) is 5.56 Å². The van der Waals surface area contributed by atoms with Crippen molar-refractivity contribution in [1.82, 2.24) is 10.6 Å². The van der Waals surface area contributed by atoms with E-state index < -0.39 is 0 Å². The molecule has 0 aromatic carbocycles. The molecular weight excluding hydrogens is 232 g/mol. The fraction of sp³-hybridized carbons (Fsp3) is 0.615. The Labute approximate surface area is 106 Å². The maximum Gasteiger partial charge on any atom is 0.252 e. The molecule has 0 saturated carbocycles. The summed E-state index contributed by atoms with van der Waals surface area (Å²) in [5, 5.41) is 8.46. The van der Waals surface area contributed by atoms with Gasteiger partial charge in [-0.1, -0.05) is 0 Å². The normalized spacial score (nSPS) is 23.4. The second-order valence-corrected chi connectivity index (χ2v) is 5.89. The molecule has 17 heavy (non-hydrogen) atoms. The minimum atomic E-state index is 0.137. The van der Waals surface area contributed by atoms with E-state index in [9.17, 15) is 4.79 Å². The van der Waals surface area contributed by atoms with Crippen LogP contribution in [0.4, 0.5) is 0 Å². The third kappa shape index (κ3) is 2.24. The third-order valence-electron chi connectivity index (χ3n) is 3.70. The van der Waals surface area contributed by atoms with Gasteiger partial charge in [-0.2, -0.15) is 0 Å². The van der Waals surface area contributed by atoms with E-state index in [4.69, 9.17) is 0 Å². The summed E-state index contributed by atoms with van der Waals surface area (Å²) >= 11 is 1.76. The highest BCUT2D eigenvalue weighted by Crippen LogP contribution is 2.30. The van der Waals surface area contributed by atoms with E-state index in [1.165, 1.54) is 23.3 Å². The van der Waals surface area contributed by atoms with Crippen LogP contribution in [0.2, 0.25) is 0 Å². The first-order chi connectivity index (χ1) is 8.34. The summed E-state index contributed by atoms with van der Waals surface area (Å²) in [6.07, 6.45) is 5.82. The number of nitrogens with one attached hydrogen (secondary N) is 2. The van der Waals surface area contributed by atoms with Crippen LogP contribution in [-0.4, -0.2) is 25.0 Å². The summed E-state index contributed by atoms with van der Waals surface area (Å²) < 4.78 is 0. The van der Waals surface area contributed by atoms with Crippen molar-refractivity contribution in [3.8, 4) is 0 Å². The van der Waals surface area contributed by atoms with Gasteiger partial charge in [-0.25, -0.2) is 0 Å². The molecule has 2 N–H and O–H groups in total. The first-order valence-electron chi connectivity index (χ1n) is 6.45. The van der Waals surface area contributed by atoms with Crippen LogP contribution in [0.15, 0.2) is 5.38 Å². The number of carbonyl (C=O) groups excluding carboxylic acids is 1. The summed E-state index contributed by atoms with van der Waals surface area (Å²) in [5.74, 6) is 0.137. The van der Waals surface area contributed by atoms with Crippen molar-refractivity contribution < 1.29 is 4.79 Å². The number of aryl methyl sites for hydroxylation is 1. The minimum absolute atomic E-state index is 0.137. The maximum atomic E-state index is 12.2. The molecule has 1 unspecified atom stereocenters. The van der Waals surface area contributed by atoms with Gasteiger partial charge in [-0.05, 0) is 44.2 Å². The lowest BCUT2D eigenvalue weighted by atomic mass is 9.95. The molecule has 1 saturated heterocycles. The van der Waals surface area contributed by atoms with Crippen molar-refractivity contribution in [2.75, 3.05) is 13.1 Å². The van der Waals surface area contributed by atoms with Gasteiger partial charge < -0.3 is 10.6 Å². The van der Waals surface area contributed by atoms with Crippen molar-refractivity contribution in [3.63, 3.8) is 0 Å². The molecular formula is C13H18N2OS. The van der Waals surface area contributed by atoms with E-state index in [-0.39, 0.29) is 5.91 Å². The SMILES string of the molecule is O=C(NC1CCNC1)c1csc2c1CCCC2. The molecule has 2 heterocycles. The van der Waals surface area contributed by atoms with Crippen LogP contribution in [0.5, 0.6) is 0 Å². The Kier molecular flexibility index (Phi) is 3.16. The number of rotatable bonds is 2. The lowest BCUT2D eigenvalue weighted by Crippen LogP contribution is -2.36. The van der Waals surface area contributed by atoms with Crippen LogP contribution in [0.1, 0.15) is 40.1 Å². The average Bonchev–Trinajstić information content (AvgIpc) is 2.96. The third-order valence-corrected chi connectivity index (χ3v) is 4.79. The second kappa shape index (κ2) is 4.78. The predicted molar refractivity (Wildman–Crippen MR) is 69.7 cm³/mol. The molecule has 3 nitrogen and oxygen atoms in total. The summed E-state index contributed by atoms with van der Waals surface area (Å²) in [6.45, 7) is 1.94. The lowest BCUT2D eigenvalue weighted by Gasteiger charge is -2.14. The van der Waals surface area contributed by atoms with Crippen molar-refractivity contribution in [2.24, 2.45) is 0 Å². The van der Waals surface area contributed by atoms with Gasteiger partial charge in [0, 0.05) is 22.8 Å². The zero-order valence-corrected chi connectivity index (χ0v) is 10.7. The maximum absolute atomic E-state index is 12.2. The molecule has 2 aliphatic rings. The molecule has 92 valence electrons. The fourth-order valence-corrected chi connectivity index (χ4v) is 3.85. The summed E-state index contributed by atoms with van der Waals surface area (Å²) in [4.78, 5) is 13.6. The Bertz CT molecular complexity index is 421. The predicted octanol–water partition coefficient (Wildman–Crippen LogP) is 1.72. The Morgan fingerprint density at radius 1 is 1.41 bits per heavy atom. The minimum Gasteiger partial charge on any atom is -0.348 e. The average molecular weight is 250 g/mol. The van der Waals surface area contributed by atoms with Crippen LogP contribution >= 0.6 is 11.3 Å². The second-order valence-electron chi connectivity index (χ2n) is 4.92. The number of amides is 1. The number of fused-ring (bicyclic) bond motifs is 1. The smallest absolute Gasteiger partial charge is 0.252 e. The molecule has 0 bridgehead atoms. The van der Waals surface area contributed by atoms with Crippen molar-refractivity contribution >= 4 is 17.2 Å². The first kappa shape index (κ1) is 11.2. The highest BCUT2D eigenvalue weighted by molar-refractivity contribution is 7.10. The topological polar surface area (TPSA) is 41.1 Å². The Balaban J connectivity index is 1.74. The Morgan fingerprint density at radius 3 is 3.12 bits per heavy atom. The van der Waals surface area contributed by atoms with E-state index >= 15 is 0 Å². The van der Waals surface area contributed by atoms with Crippen molar-refractivity contribution in [1.29, 1.82) is 0 Å². The fourth-order valence-electron chi connectivity index (χ4n) is 2.73. The Morgan fingerprint density at radius 2 is 2.29 bits per heavy atom. The van der Waals surface area contributed by atoms with Gasteiger partial charge in [0.2, 0.25) is 0 Å².